The van der Waals surface area contributed by atoms with Crippen molar-refractivity contribution in [1.82, 2.24) is 4.90 Å². The summed E-state index contributed by atoms with van der Waals surface area (Å²) < 4.78 is 5.31. The van der Waals surface area contributed by atoms with Gasteiger partial charge in [0, 0.05) is 13.1 Å². The van der Waals surface area contributed by atoms with Crippen LogP contribution in [0.15, 0.2) is 18.2 Å². The number of unbranched alkanes of at least 4 members (excludes halogenated alkanes) is 1. The average molecular weight is 309 g/mol. The number of aromatic hydroxyl groups is 1. The Balaban J connectivity index is 0.000000791. The van der Waals surface area contributed by atoms with Crippen molar-refractivity contribution in [3.8, 4) is 5.75 Å². The van der Waals surface area contributed by atoms with Crippen LogP contribution in [0.4, 0.5) is 4.79 Å². The Hall–Kier alpha value is -1.71. The molecule has 1 amide bonds. The summed E-state index contributed by atoms with van der Waals surface area (Å²) in [5.74, 6) is 0.231. The number of carbonyl (C=O) groups is 1. The van der Waals surface area contributed by atoms with Crippen LogP contribution in [0, 0.1) is 0 Å². The lowest BCUT2D eigenvalue weighted by Crippen LogP contribution is -2.33. The first-order valence-corrected chi connectivity index (χ1v) is 7.55. The molecule has 126 valence electrons. The smallest absolute Gasteiger partial charge is 0.410 e. The highest BCUT2D eigenvalue weighted by atomic mass is 16.6. The lowest BCUT2D eigenvalue weighted by atomic mass is 10.1. The van der Waals surface area contributed by atoms with Crippen molar-refractivity contribution in [1.29, 1.82) is 0 Å². The number of rotatable bonds is 1. The molecule has 1 aliphatic heterocycles. The van der Waals surface area contributed by atoms with Crippen LogP contribution in [-0.4, -0.2) is 21.7 Å². The van der Waals surface area contributed by atoms with Crippen molar-refractivity contribution < 1.29 is 14.6 Å². The number of nitrogens with zero attached hydrogens (tertiary/aromatic N) is 1. The van der Waals surface area contributed by atoms with E-state index in [4.69, 9.17) is 4.74 Å². The maximum absolute atomic E-state index is 11.9. The fourth-order valence-corrected chi connectivity index (χ4v) is 1.84. The Morgan fingerprint density at radius 2 is 1.73 bits per heavy atom. The van der Waals surface area contributed by atoms with Crippen LogP contribution < -0.4 is 0 Å². The van der Waals surface area contributed by atoms with E-state index in [0.717, 1.165) is 11.1 Å². The van der Waals surface area contributed by atoms with Gasteiger partial charge in [-0.15, -0.1) is 0 Å². The molecule has 22 heavy (non-hydrogen) atoms. The van der Waals surface area contributed by atoms with Crippen molar-refractivity contribution in [2.45, 2.75) is 73.6 Å². The lowest BCUT2D eigenvalue weighted by Gasteiger charge is -2.24. The van der Waals surface area contributed by atoms with Gasteiger partial charge in [0.05, 0.1) is 0 Å². The summed E-state index contributed by atoms with van der Waals surface area (Å²) in [5.41, 5.74) is 1.57. The molecule has 1 aromatic carbocycles. The largest absolute Gasteiger partial charge is 0.508 e. The standard InChI is InChI=1S/C13H17NO3.C4H10.CH4/c1-13(2,3)17-12(16)14-7-9-4-5-11(15)6-10(9)8-14;1-3-4-2;/h4-6,15H,7-8H2,1-3H3;3-4H2,1-2H3;1H4. The van der Waals surface area contributed by atoms with E-state index in [1.807, 2.05) is 26.8 Å². The summed E-state index contributed by atoms with van der Waals surface area (Å²) in [6.45, 7) is 10.9. The summed E-state index contributed by atoms with van der Waals surface area (Å²) in [5, 5.41) is 9.37. The second-order valence-corrected chi connectivity index (χ2v) is 6.29. The van der Waals surface area contributed by atoms with Gasteiger partial charge < -0.3 is 9.84 Å². The normalized spacial score (nSPS) is 12.7. The molecule has 0 saturated carbocycles. The van der Waals surface area contributed by atoms with Gasteiger partial charge in [0.25, 0.3) is 0 Å². The number of benzene rings is 1. The third-order valence-electron chi connectivity index (χ3n) is 3.06. The van der Waals surface area contributed by atoms with Crippen LogP contribution in [0.25, 0.3) is 0 Å². The molecule has 1 aromatic rings. The Bertz CT molecular complexity index is 476. The number of fused-ring (bicyclic) bond motifs is 1. The second kappa shape index (κ2) is 8.66. The van der Waals surface area contributed by atoms with Crippen LogP contribution >= 0.6 is 0 Å². The number of carbonyl (C=O) groups excluding carboxylic acids is 1. The van der Waals surface area contributed by atoms with E-state index in [9.17, 15) is 9.90 Å². The predicted octanol–water partition coefficient (Wildman–Crippen LogP) is 5.09. The first-order chi connectivity index (χ1) is 9.76. The molecule has 0 unspecified atom stereocenters. The van der Waals surface area contributed by atoms with Gasteiger partial charge in [0.1, 0.15) is 11.4 Å². The van der Waals surface area contributed by atoms with Crippen LogP contribution in [-0.2, 0) is 17.8 Å². The molecule has 0 spiro atoms. The number of phenolic OH excluding ortho intramolecular Hbond substituents is 1. The van der Waals surface area contributed by atoms with Crippen molar-refractivity contribution in [2.24, 2.45) is 0 Å². The minimum absolute atomic E-state index is 0. The molecular weight excluding hydrogens is 278 g/mol. The Labute approximate surface area is 135 Å². The minimum atomic E-state index is -0.478. The molecule has 4 heteroatoms. The summed E-state index contributed by atoms with van der Waals surface area (Å²) in [6.07, 6.45) is 2.33. The zero-order chi connectivity index (χ0) is 16.0. The third kappa shape index (κ3) is 6.37. The van der Waals surface area contributed by atoms with Gasteiger partial charge in [-0.2, -0.15) is 0 Å². The molecular formula is C18H31NO3. The van der Waals surface area contributed by atoms with Crippen LogP contribution in [0.3, 0.4) is 0 Å². The first-order valence-electron chi connectivity index (χ1n) is 7.55. The molecule has 0 bridgehead atoms. The Morgan fingerprint density at radius 1 is 1.18 bits per heavy atom. The third-order valence-corrected chi connectivity index (χ3v) is 3.06. The molecule has 4 nitrogen and oxygen atoms in total. The van der Waals surface area contributed by atoms with E-state index in [1.54, 1.807) is 17.0 Å². The van der Waals surface area contributed by atoms with Gasteiger partial charge in [-0.25, -0.2) is 4.79 Å². The van der Waals surface area contributed by atoms with Crippen LogP contribution in [0.5, 0.6) is 5.75 Å². The number of hydrogen-bond acceptors (Lipinski definition) is 3. The maximum Gasteiger partial charge on any atom is 0.410 e. The fourth-order valence-electron chi connectivity index (χ4n) is 1.84. The summed E-state index contributed by atoms with van der Waals surface area (Å²) in [7, 11) is 0. The van der Waals surface area contributed by atoms with Crippen molar-refractivity contribution in [3.63, 3.8) is 0 Å². The van der Waals surface area contributed by atoms with Gasteiger partial charge in [0.2, 0.25) is 0 Å². The SMILES string of the molecule is C.CC(C)(C)OC(=O)N1Cc2ccc(O)cc2C1.CCCC. The topological polar surface area (TPSA) is 49.8 Å². The molecule has 0 aromatic heterocycles. The van der Waals surface area contributed by atoms with E-state index < -0.39 is 5.60 Å². The van der Waals surface area contributed by atoms with Crippen LogP contribution in [0.1, 0.15) is 66.0 Å². The molecule has 0 aliphatic carbocycles. The Morgan fingerprint density at radius 3 is 2.23 bits per heavy atom. The van der Waals surface area contributed by atoms with Gasteiger partial charge in [-0.05, 0) is 44.0 Å². The zero-order valence-corrected chi connectivity index (χ0v) is 13.8. The number of ether oxygens (including phenoxy) is 1. The highest BCUT2D eigenvalue weighted by Crippen LogP contribution is 2.27. The predicted molar refractivity (Wildman–Crippen MR) is 90.9 cm³/mol. The van der Waals surface area contributed by atoms with Gasteiger partial charge in [0.15, 0.2) is 0 Å². The van der Waals surface area contributed by atoms with E-state index >= 15 is 0 Å². The fraction of sp³-hybridized carbons (Fsp3) is 0.611. The second-order valence-electron chi connectivity index (χ2n) is 6.29. The Kier molecular flexibility index (Phi) is 7.99. The highest BCUT2D eigenvalue weighted by Gasteiger charge is 2.27. The molecule has 1 N–H and O–H groups in total. The zero-order valence-electron chi connectivity index (χ0n) is 13.8. The summed E-state index contributed by atoms with van der Waals surface area (Å²) in [6, 6.07) is 5.17. The number of phenols is 1. The van der Waals surface area contributed by atoms with E-state index in [2.05, 4.69) is 13.8 Å². The average Bonchev–Trinajstić information content (AvgIpc) is 2.80. The van der Waals surface area contributed by atoms with Crippen molar-refractivity contribution in [2.75, 3.05) is 0 Å². The monoisotopic (exact) mass is 309 g/mol. The van der Waals surface area contributed by atoms with Crippen LogP contribution in [0.2, 0.25) is 0 Å². The minimum Gasteiger partial charge on any atom is -0.508 e. The van der Waals surface area contributed by atoms with Crippen molar-refractivity contribution >= 4 is 6.09 Å². The number of amides is 1. The van der Waals surface area contributed by atoms with E-state index in [0.29, 0.717) is 13.1 Å². The molecule has 1 aliphatic rings. The molecule has 0 radical (unpaired) electrons. The first kappa shape index (κ1) is 20.3. The van der Waals surface area contributed by atoms with E-state index in [1.165, 1.54) is 12.8 Å². The molecule has 0 saturated heterocycles. The summed E-state index contributed by atoms with van der Waals surface area (Å²) >= 11 is 0. The van der Waals surface area contributed by atoms with Gasteiger partial charge >= 0.3 is 6.09 Å². The molecule has 2 rings (SSSR count). The van der Waals surface area contributed by atoms with E-state index in [-0.39, 0.29) is 19.3 Å². The number of hydrogen-bond donors (Lipinski definition) is 1. The molecule has 0 atom stereocenters. The van der Waals surface area contributed by atoms with Gasteiger partial charge in [-0.1, -0.05) is 40.2 Å². The quantitative estimate of drug-likeness (QED) is 0.786. The van der Waals surface area contributed by atoms with Crippen molar-refractivity contribution in [3.05, 3.63) is 29.3 Å². The molecule has 0 fully saturated rings. The summed E-state index contributed by atoms with van der Waals surface area (Å²) in [4.78, 5) is 13.5. The highest BCUT2D eigenvalue weighted by molar-refractivity contribution is 5.69. The molecule has 1 heterocycles. The lowest BCUT2D eigenvalue weighted by molar-refractivity contribution is 0.0242. The van der Waals surface area contributed by atoms with Gasteiger partial charge in [-0.3, -0.25) is 4.90 Å². The maximum atomic E-state index is 11.9.